The molecule has 9 N–H and O–H groups in total. The largest absolute Gasteiger partial charge is 0.472 e. The molecule has 1 amide bonds. The first-order valence-electron chi connectivity index (χ1n) is 28.4. The van der Waals surface area contributed by atoms with E-state index >= 15 is 0 Å². The van der Waals surface area contributed by atoms with Crippen molar-refractivity contribution < 1.29 is 59.0 Å². The molecule has 13 nitrogen and oxygen atoms in total. The van der Waals surface area contributed by atoms with Crippen molar-refractivity contribution >= 4 is 13.7 Å². The molecule has 1 aliphatic carbocycles. The van der Waals surface area contributed by atoms with Crippen molar-refractivity contribution in [2.75, 3.05) is 6.61 Å². The van der Waals surface area contributed by atoms with E-state index in [0.717, 1.165) is 44.9 Å². The lowest BCUT2D eigenvalue weighted by Crippen LogP contribution is -2.64. The van der Waals surface area contributed by atoms with Gasteiger partial charge in [0.2, 0.25) is 5.91 Å². The zero-order valence-corrected chi connectivity index (χ0v) is 44.6. The minimum absolute atomic E-state index is 0.248. The van der Waals surface area contributed by atoms with Crippen LogP contribution in [0.15, 0.2) is 24.3 Å². The Morgan fingerprint density at radius 1 is 0.507 bits per heavy atom. The van der Waals surface area contributed by atoms with Crippen LogP contribution in [-0.2, 0) is 18.4 Å². The van der Waals surface area contributed by atoms with Gasteiger partial charge in [0.25, 0.3) is 0 Å². The first kappa shape index (κ1) is 65.8. The third kappa shape index (κ3) is 35.6. The predicted octanol–water partition coefficient (Wildman–Crippen LogP) is 11.5. The number of hydrogen-bond acceptors (Lipinski definition) is 11. The van der Waals surface area contributed by atoms with E-state index in [4.69, 9.17) is 9.05 Å². The van der Waals surface area contributed by atoms with Gasteiger partial charge in [-0.15, -0.1) is 0 Å². The van der Waals surface area contributed by atoms with Gasteiger partial charge in [0.05, 0.1) is 31.3 Å². The molecule has 8 atom stereocenters. The molecule has 0 saturated heterocycles. The summed E-state index contributed by atoms with van der Waals surface area (Å²) in [5.74, 6) is -0.597. The van der Waals surface area contributed by atoms with Crippen molar-refractivity contribution in [3.05, 3.63) is 24.3 Å². The Kier molecular flexibility index (Phi) is 42.2. The Morgan fingerprint density at radius 2 is 0.855 bits per heavy atom. The molecule has 69 heavy (non-hydrogen) atoms. The van der Waals surface area contributed by atoms with Crippen LogP contribution < -0.4 is 5.32 Å². The molecule has 0 aliphatic heterocycles. The van der Waals surface area contributed by atoms with E-state index in [-0.39, 0.29) is 6.42 Å². The van der Waals surface area contributed by atoms with Gasteiger partial charge < -0.3 is 46.0 Å². The third-order valence-electron chi connectivity index (χ3n) is 13.8. The maximum absolute atomic E-state index is 13.1. The molecule has 1 aliphatic rings. The lowest BCUT2D eigenvalue weighted by atomic mass is 9.85. The summed E-state index contributed by atoms with van der Waals surface area (Å²) in [5.41, 5.74) is 0. The van der Waals surface area contributed by atoms with Crippen molar-refractivity contribution in [1.29, 1.82) is 0 Å². The summed E-state index contributed by atoms with van der Waals surface area (Å²) in [4.78, 5) is 23.6. The maximum Gasteiger partial charge on any atom is 0.472 e. The lowest BCUT2D eigenvalue weighted by Gasteiger charge is -2.41. The van der Waals surface area contributed by atoms with Crippen LogP contribution in [0.4, 0.5) is 0 Å². The highest BCUT2D eigenvalue weighted by atomic mass is 31.2. The first-order chi connectivity index (χ1) is 33.3. The van der Waals surface area contributed by atoms with Crippen LogP contribution in [0.5, 0.6) is 0 Å². The zero-order valence-electron chi connectivity index (χ0n) is 43.7. The van der Waals surface area contributed by atoms with Crippen molar-refractivity contribution in [3.8, 4) is 0 Å². The van der Waals surface area contributed by atoms with Crippen LogP contribution in [-0.4, -0.2) is 108 Å². The molecule has 1 fully saturated rings. The minimum atomic E-state index is -5.15. The fourth-order valence-electron chi connectivity index (χ4n) is 9.20. The van der Waals surface area contributed by atoms with E-state index in [1.807, 2.05) is 0 Å². The monoisotopic (exact) mass is 1000 g/mol. The molecule has 0 spiro atoms. The molecule has 408 valence electrons. The van der Waals surface area contributed by atoms with E-state index < -0.39 is 75.2 Å². The molecule has 0 radical (unpaired) electrons. The number of rotatable bonds is 48. The normalized spacial score (nSPS) is 22.1. The summed E-state index contributed by atoms with van der Waals surface area (Å²) < 4.78 is 23.0. The number of allylic oxidation sites excluding steroid dienone is 3. The van der Waals surface area contributed by atoms with Gasteiger partial charge in [-0.05, 0) is 32.1 Å². The van der Waals surface area contributed by atoms with Gasteiger partial charge in [0.15, 0.2) is 0 Å². The lowest BCUT2D eigenvalue weighted by molar-refractivity contribution is -0.220. The van der Waals surface area contributed by atoms with Crippen molar-refractivity contribution in [1.82, 2.24) is 5.32 Å². The molecule has 14 heteroatoms. The predicted molar refractivity (Wildman–Crippen MR) is 280 cm³/mol. The standard InChI is InChI=1S/C55H106NO12P/c1-3-5-7-9-11-13-15-17-19-21-23-24-25-26-28-30-32-34-36-38-40-42-46(57)44-49(59)56-47(45-67-69(65,66)68-55-53(63)51(61)50(60)52(62)54(55)64)48(58)43-41-39-37-35-33-31-29-27-22-20-18-16-14-12-10-8-6-4-2/h33,35,41,43,46-48,50-55,57-58,60-64H,3-32,34,36-40,42,44-45H2,1-2H3,(H,56,59)(H,65,66)/b35-33+,43-41+. The van der Waals surface area contributed by atoms with E-state index in [1.54, 1.807) is 6.08 Å². The van der Waals surface area contributed by atoms with E-state index in [2.05, 4.69) is 31.3 Å². The second-order valence-corrected chi connectivity index (χ2v) is 21.7. The molecule has 8 unspecified atom stereocenters. The van der Waals surface area contributed by atoms with Gasteiger partial charge in [-0.25, -0.2) is 4.57 Å². The molecule has 0 aromatic rings. The summed E-state index contributed by atoms with van der Waals surface area (Å²) in [6.07, 6.45) is 38.4. The summed E-state index contributed by atoms with van der Waals surface area (Å²) in [6, 6.07) is -1.25. The molecule has 0 bridgehead atoms. The van der Waals surface area contributed by atoms with Crippen LogP contribution in [0.1, 0.15) is 258 Å². The molecular weight excluding hydrogens is 898 g/mol. The van der Waals surface area contributed by atoms with Crippen LogP contribution in [0.3, 0.4) is 0 Å². The summed E-state index contributed by atoms with van der Waals surface area (Å²) in [6.45, 7) is 3.77. The molecule has 0 aromatic heterocycles. The zero-order chi connectivity index (χ0) is 50.8. The Balaban J connectivity index is 2.43. The number of hydrogen-bond donors (Lipinski definition) is 9. The van der Waals surface area contributed by atoms with Gasteiger partial charge in [0.1, 0.15) is 36.6 Å². The fraction of sp³-hybridized carbons (Fsp3) is 0.909. The molecule has 1 rings (SSSR count). The average molecular weight is 1000 g/mol. The maximum atomic E-state index is 13.1. The number of amides is 1. The quantitative estimate of drug-likeness (QED) is 0.0158. The number of aliphatic hydroxyl groups excluding tert-OH is 7. The number of phosphoric ester groups is 1. The van der Waals surface area contributed by atoms with Gasteiger partial charge in [-0.2, -0.15) is 0 Å². The number of unbranched alkanes of at least 4 members (excludes halogenated alkanes) is 33. The van der Waals surface area contributed by atoms with Gasteiger partial charge in [-0.3, -0.25) is 13.8 Å². The average Bonchev–Trinajstić information content (AvgIpc) is 3.32. The first-order valence-corrected chi connectivity index (χ1v) is 29.9. The second kappa shape index (κ2) is 44.3. The smallest absolute Gasteiger partial charge is 0.393 e. The summed E-state index contributed by atoms with van der Waals surface area (Å²) in [7, 11) is -5.15. The molecule has 1 saturated carbocycles. The Morgan fingerprint density at radius 3 is 1.28 bits per heavy atom. The Labute approximate surface area is 420 Å². The molecule has 0 aromatic carbocycles. The van der Waals surface area contributed by atoms with Crippen molar-refractivity contribution in [2.45, 2.75) is 313 Å². The van der Waals surface area contributed by atoms with Crippen molar-refractivity contribution in [3.63, 3.8) is 0 Å². The Hall–Kier alpha value is -1.22. The number of nitrogens with one attached hydrogen (secondary N) is 1. The fourth-order valence-corrected chi connectivity index (χ4v) is 10.2. The molecular formula is C55H106NO12P. The number of carbonyl (C=O) groups excluding carboxylic acids is 1. The summed E-state index contributed by atoms with van der Waals surface area (Å²) in [5, 5.41) is 74.8. The number of carbonyl (C=O) groups is 1. The SMILES string of the molecule is CCCCCCCCCCCCCC/C=C/CC/C=C/C(O)C(COP(=O)(O)OC1C(O)C(O)C(O)C(O)C1O)NC(=O)CC(O)CCCCCCCCCCCCCCCCCCCCCCC. The summed E-state index contributed by atoms with van der Waals surface area (Å²) >= 11 is 0. The van der Waals surface area contributed by atoms with Crippen LogP contribution >= 0.6 is 7.82 Å². The van der Waals surface area contributed by atoms with Crippen LogP contribution in [0.2, 0.25) is 0 Å². The number of aliphatic hydroxyl groups is 7. The Bertz CT molecular complexity index is 1270. The van der Waals surface area contributed by atoms with Gasteiger partial charge >= 0.3 is 7.82 Å². The highest BCUT2D eigenvalue weighted by Gasteiger charge is 2.51. The van der Waals surface area contributed by atoms with Crippen molar-refractivity contribution in [2.24, 2.45) is 0 Å². The second-order valence-electron chi connectivity index (χ2n) is 20.3. The van der Waals surface area contributed by atoms with E-state index in [9.17, 15) is 50.0 Å². The third-order valence-corrected chi connectivity index (χ3v) is 14.8. The van der Waals surface area contributed by atoms with Crippen LogP contribution in [0.25, 0.3) is 0 Å². The van der Waals surface area contributed by atoms with Gasteiger partial charge in [-0.1, -0.05) is 244 Å². The number of phosphoric acid groups is 1. The van der Waals surface area contributed by atoms with E-state index in [0.29, 0.717) is 12.8 Å². The topological polar surface area (TPSA) is 226 Å². The minimum Gasteiger partial charge on any atom is -0.393 e. The molecule has 0 heterocycles. The highest BCUT2D eigenvalue weighted by Crippen LogP contribution is 2.47. The van der Waals surface area contributed by atoms with E-state index in [1.165, 1.54) is 186 Å². The van der Waals surface area contributed by atoms with Gasteiger partial charge in [0, 0.05) is 0 Å². The highest BCUT2D eigenvalue weighted by molar-refractivity contribution is 7.47. The van der Waals surface area contributed by atoms with Crippen LogP contribution in [0, 0.1) is 0 Å².